The Labute approximate surface area is 204 Å². The molecule has 9 heteroatoms. The molecule has 7 nitrogen and oxygen atoms in total. The summed E-state index contributed by atoms with van der Waals surface area (Å²) in [5, 5.41) is 3.55. The molecular weight excluding hydrogens is 411 g/mol. The van der Waals surface area contributed by atoms with E-state index in [1.54, 1.807) is 12.4 Å². The summed E-state index contributed by atoms with van der Waals surface area (Å²) in [6, 6.07) is 7.60. The quantitative estimate of drug-likeness (QED) is 0.539. The van der Waals surface area contributed by atoms with E-state index in [-0.39, 0.29) is 35.6 Å². The van der Waals surface area contributed by atoms with Crippen LogP contribution in [-0.4, -0.2) is 40.4 Å². The molecule has 0 saturated carbocycles. The number of carbonyl (C=O) groups is 1. The molecular formula is C21H25N4NaO3S. The number of nitrogens with one attached hydrogen (secondary N) is 1. The molecule has 1 N–H and O–H groups in total. The van der Waals surface area contributed by atoms with E-state index in [1.807, 2.05) is 45.0 Å². The van der Waals surface area contributed by atoms with Gasteiger partial charge in [0.05, 0.1) is 6.20 Å². The van der Waals surface area contributed by atoms with Gasteiger partial charge in [0, 0.05) is 37.7 Å². The topological polar surface area (TPSA) is 76.6 Å². The van der Waals surface area contributed by atoms with Gasteiger partial charge in [-0.25, -0.2) is 9.78 Å². The van der Waals surface area contributed by atoms with Gasteiger partial charge in [-0.15, -0.1) is 0 Å². The predicted octanol–water partition coefficient (Wildman–Crippen LogP) is 0.384. The van der Waals surface area contributed by atoms with Crippen molar-refractivity contribution in [2.45, 2.75) is 55.9 Å². The monoisotopic (exact) mass is 436 g/mol. The molecule has 2 aliphatic heterocycles. The zero-order chi connectivity index (χ0) is 20.6. The molecule has 30 heavy (non-hydrogen) atoms. The van der Waals surface area contributed by atoms with Crippen molar-refractivity contribution in [3.8, 4) is 5.75 Å². The summed E-state index contributed by atoms with van der Waals surface area (Å²) in [6.07, 6.45) is 4.35. The summed E-state index contributed by atoms with van der Waals surface area (Å²) in [6.45, 7) is 7.05. The van der Waals surface area contributed by atoms with Crippen LogP contribution in [0.3, 0.4) is 0 Å². The maximum absolute atomic E-state index is 12.5. The van der Waals surface area contributed by atoms with Gasteiger partial charge in [-0.2, -0.15) is 0 Å². The first-order chi connectivity index (χ1) is 13.8. The van der Waals surface area contributed by atoms with Crippen LogP contribution in [0, 0.1) is 0 Å². The summed E-state index contributed by atoms with van der Waals surface area (Å²) in [5.74, 6) is 1.62. The maximum atomic E-state index is 12.5. The first kappa shape index (κ1) is 23.1. The van der Waals surface area contributed by atoms with Gasteiger partial charge in [0.25, 0.3) is 0 Å². The molecule has 1 aromatic carbocycles. The Balaban J connectivity index is 0.00000256. The van der Waals surface area contributed by atoms with Crippen LogP contribution in [0.15, 0.2) is 41.7 Å². The minimum absolute atomic E-state index is 0. The number of benzene rings is 1. The van der Waals surface area contributed by atoms with Crippen LogP contribution in [0.25, 0.3) is 0 Å². The van der Waals surface area contributed by atoms with Gasteiger partial charge in [0.2, 0.25) is 0 Å². The second-order valence-electron chi connectivity index (χ2n) is 8.48. The van der Waals surface area contributed by atoms with Gasteiger partial charge in [-0.1, -0.05) is 23.2 Å². The van der Waals surface area contributed by atoms with Crippen molar-refractivity contribution in [3.05, 3.63) is 42.2 Å². The van der Waals surface area contributed by atoms with Crippen molar-refractivity contribution in [2.75, 3.05) is 18.0 Å². The minimum Gasteiger partial charge on any atom is -0.759 e. The zero-order valence-corrected chi connectivity index (χ0v) is 20.7. The number of aromatic nitrogens is 2. The third-order valence-corrected chi connectivity index (χ3v) is 5.49. The summed E-state index contributed by atoms with van der Waals surface area (Å²) < 4.78 is 11.9. The van der Waals surface area contributed by atoms with Crippen molar-refractivity contribution in [2.24, 2.45) is 0 Å². The van der Waals surface area contributed by atoms with Crippen molar-refractivity contribution >= 4 is 24.5 Å². The molecule has 0 unspecified atom stereocenters. The van der Waals surface area contributed by atoms with Gasteiger partial charge >= 0.3 is 35.7 Å². The average molecular weight is 437 g/mol. The standard InChI is InChI=1S/C21H26N4O3S.Na/c1-20(2,3)28-19(26)24-18-14-6-4-5-7-15(14)27-21(18)8-10-25(11-9-21)16-12-23-17(29)13-22-16;/h4-7,12-13,18H,8-11H2,1-3H3,(H,23,29)(H,24,26);/q;+1/p-1/t18-;/m1./s1. The molecule has 0 bridgehead atoms. The fourth-order valence-electron chi connectivity index (χ4n) is 3.99. The molecule has 0 aliphatic carbocycles. The van der Waals surface area contributed by atoms with Crippen LogP contribution in [0.4, 0.5) is 10.6 Å². The van der Waals surface area contributed by atoms with E-state index in [0.717, 1.165) is 43.1 Å². The fraction of sp³-hybridized carbons (Fsp3) is 0.476. The molecule has 0 radical (unpaired) electrons. The first-order valence-electron chi connectivity index (χ1n) is 9.77. The van der Waals surface area contributed by atoms with Crippen molar-refractivity contribution < 1.29 is 43.8 Å². The number of piperidine rings is 1. The van der Waals surface area contributed by atoms with Crippen molar-refractivity contribution in [1.29, 1.82) is 0 Å². The molecule has 2 aliphatic rings. The Bertz CT molecular complexity index is 896. The number of ether oxygens (including phenoxy) is 2. The first-order valence-corrected chi connectivity index (χ1v) is 10.2. The summed E-state index contributed by atoms with van der Waals surface area (Å²) in [7, 11) is 0. The van der Waals surface area contributed by atoms with Crippen molar-refractivity contribution in [1.82, 2.24) is 15.3 Å². The fourth-order valence-corrected chi connectivity index (χ4v) is 4.09. The Morgan fingerprint density at radius 3 is 2.57 bits per heavy atom. The summed E-state index contributed by atoms with van der Waals surface area (Å²) >= 11 is 5.02. The summed E-state index contributed by atoms with van der Waals surface area (Å²) in [4.78, 5) is 23.3. The molecule has 4 rings (SSSR count). The number of alkyl carbamates (subject to hydrolysis) is 1. The van der Waals surface area contributed by atoms with E-state index in [0.29, 0.717) is 5.03 Å². The smallest absolute Gasteiger partial charge is 0.759 e. The molecule has 2 aromatic rings. The summed E-state index contributed by atoms with van der Waals surface area (Å²) in [5.41, 5.74) is -0.0838. The number of carbonyl (C=O) groups excluding carboxylic acids is 1. The number of amides is 1. The van der Waals surface area contributed by atoms with Crippen LogP contribution in [-0.2, 0) is 17.4 Å². The van der Waals surface area contributed by atoms with Gasteiger partial charge < -0.3 is 32.3 Å². The average Bonchev–Trinajstić information content (AvgIpc) is 2.95. The Morgan fingerprint density at radius 2 is 1.93 bits per heavy atom. The van der Waals surface area contributed by atoms with Crippen LogP contribution < -0.4 is 44.5 Å². The number of anilines is 1. The van der Waals surface area contributed by atoms with Crippen LogP contribution in [0.5, 0.6) is 5.75 Å². The number of nitrogens with zero attached hydrogens (tertiary/aromatic N) is 3. The normalized spacial score (nSPS) is 19.4. The molecule has 1 amide bonds. The molecule has 1 fully saturated rings. The molecule has 1 atom stereocenters. The second-order valence-corrected chi connectivity index (χ2v) is 8.90. The molecule has 154 valence electrons. The number of hydrogen-bond donors (Lipinski definition) is 1. The molecule has 1 saturated heterocycles. The van der Waals surface area contributed by atoms with Gasteiger partial charge in [-0.3, -0.25) is 4.98 Å². The van der Waals surface area contributed by atoms with Crippen molar-refractivity contribution in [3.63, 3.8) is 0 Å². The van der Waals surface area contributed by atoms with Crippen LogP contribution >= 0.6 is 0 Å². The number of rotatable bonds is 2. The van der Waals surface area contributed by atoms with E-state index in [4.69, 9.17) is 22.1 Å². The molecule has 1 aromatic heterocycles. The minimum atomic E-state index is -0.560. The zero-order valence-electron chi connectivity index (χ0n) is 17.8. The van der Waals surface area contributed by atoms with Gasteiger partial charge in [-0.05, 0) is 26.8 Å². The van der Waals surface area contributed by atoms with Crippen LogP contribution in [0.2, 0.25) is 0 Å². The Morgan fingerprint density at radius 1 is 1.23 bits per heavy atom. The van der Waals surface area contributed by atoms with Gasteiger partial charge in [0.15, 0.2) is 0 Å². The number of para-hydroxylation sites is 1. The van der Waals surface area contributed by atoms with E-state index in [2.05, 4.69) is 20.2 Å². The van der Waals surface area contributed by atoms with E-state index in [1.165, 1.54) is 0 Å². The Kier molecular flexibility index (Phi) is 6.81. The number of fused-ring (bicyclic) bond motifs is 1. The van der Waals surface area contributed by atoms with Gasteiger partial charge in [0.1, 0.15) is 28.8 Å². The molecule has 1 spiro atoms. The number of hydrogen-bond acceptors (Lipinski definition) is 7. The SMILES string of the molecule is CC(C)(C)OC(=O)N[C@@H]1c2ccccc2OC12CCN(c1cnc([S-])cn1)CC2.[Na+]. The maximum Gasteiger partial charge on any atom is 1.00 e. The van der Waals surface area contributed by atoms with E-state index >= 15 is 0 Å². The van der Waals surface area contributed by atoms with Crippen LogP contribution in [0.1, 0.15) is 45.2 Å². The third-order valence-electron chi connectivity index (χ3n) is 5.28. The van der Waals surface area contributed by atoms with E-state index in [9.17, 15) is 4.79 Å². The second kappa shape index (κ2) is 8.86. The van der Waals surface area contributed by atoms with E-state index < -0.39 is 17.3 Å². The predicted molar refractivity (Wildman–Crippen MR) is 111 cm³/mol. The Hall–Kier alpha value is -1.61. The largest absolute Gasteiger partial charge is 1.00 e. The molecule has 3 heterocycles. The third kappa shape index (κ3) is 4.82.